The molecule has 0 spiro atoms. The minimum atomic E-state index is -3.49. The van der Waals surface area contributed by atoms with E-state index in [0.29, 0.717) is 18.5 Å². The maximum atomic E-state index is 12.1. The molecule has 1 heterocycles. The average Bonchev–Trinajstić information content (AvgIpc) is 2.92. The molecular formula is C13H14N2O2S3. The summed E-state index contributed by atoms with van der Waals surface area (Å²) in [6, 6.07) is 8.20. The fourth-order valence-corrected chi connectivity index (χ4v) is 3.52. The van der Waals surface area contributed by atoms with Crippen molar-refractivity contribution < 1.29 is 8.42 Å². The molecule has 1 aromatic heterocycles. The Morgan fingerprint density at radius 3 is 2.50 bits per heavy atom. The number of nitrogens with two attached hydrogens (primary N) is 1. The molecule has 2 aromatic rings. The van der Waals surface area contributed by atoms with Crippen LogP contribution in [0.4, 0.5) is 0 Å². The number of hydrogen-bond acceptors (Lipinski definition) is 4. The van der Waals surface area contributed by atoms with Crippen molar-refractivity contribution in [3.05, 3.63) is 52.2 Å². The molecule has 2 rings (SSSR count). The van der Waals surface area contributed by atoms with Gasteiger partial charge < -0.3 is 5.73 Å². The van der Waals surface area contributed by atoms with Crippen LogP contribution in [0.2, 0.25) is 0 Å². The van der Waals surface area contributed by atoms with Gasteiger partial charge in [0.15, 0.2) is 0 Å². The Kier molecular flexibility index (Phi) is 4.87. The summed E-state index contributed by atoms with van der Waals surface area (Å²) in [5, 5.41) is 3.98. The summed E-state index contributed by atoms with van der Waals surface area (Å²) >= 11 is 6.42. The molecule has 1 aromatic carbocycles. The summed E-state index contributed by atoms with van der Waals surface area (Å²) in [6.45, 7) is 0.371. The van der Waals surface area contributed by atoms with E-state index in [4.69, 9.17) is 18.0 Å². The second-order valence-corrected chi connectivity index (χ2v) is 7.15. The van der Waals surface area contributed by atoms with Crippen molar-refractivity contribution in [2.24, 2.45) is 5.73 Å². The van der Waals surface area contributed by atoms with E-state index in [1.54, 1.807) is 23.5 Å². The van der Waals surface area contributed by atoms with Gasteiger partial charge in [0.25, 0.3) is 0 Å². The van der Waals surface area contributed by atoms with Gasteiger partial charge in [-0.25, -0.2) is 13.1 Å². The van der Waals surface area contributed by atoms with Crippen LogP contribution in [0.3, 0.4) is 0 Å². The van der Waals surface area contributed by atoms with Gasteiger partial charge in [0.05, 0.1) is 4.90 Å². The van der Waals surface area contributed by atoms with Crippen LogP contribution in [0, 0.1) is 0 Å². The molecule has 4 nitrogen and oxygen atoms in total. The molecule has 0 atom stereocenters. The van der Waals surface area contributed by atoms with Crippen LogP contribution in [0.25, 0.3) is 0 Å². The largest absolute Gasteiger partial charge is 0.389 e. The third kappa shape index (κ3) is 3.86. The van der Waals surface area contributed by atoms with Crippen LogP contribution >= 0.6 is 23.6 Å². The highest BCUT2D eigenvalue weighted by Crippen LogP contribution is 2.11. The highest BCUT2D eigenvalue weighted by Gasteiger charge is 2.13. The topological polar surface area (TPSA) is 72.2 Å². The van der Waals surface area contributed by atoms with E-state index in [-0.39, 0.29) is 9.88 Å². The van der Waals surface area contributed by atoms with Crippen LogP contribution in [0.15, 0.2) is 46.0 Å². The van der Waals surface area contributed by atoms with Crippen LogP contribution in [-0.4, -0.2) is 20.0 Å². The van der Waals surface area contributed by atoms with Crippen molar-refractivity contribution in [1.82, 2.24) is 4.72 Å². The second-order valence-electron chi connectivity index (χ2n) is 4.17. The minimum absolute atomic E-state index is 0.211. The molecule has 20 heavy (non-hydrogen) atoms. The lowest BCUT2D eigenvalue weighted by Gasteiger charge is -2.07. The van der Waals surface area contributed by atoms with Crippen molar-refractivity contribution >= 4 is 38.6 Å². The van der Waals surface area contributed by atoms with Gasteiger partial charge in [0.1, 0.15) is 4.99 Å². The first kappa shape index (κ1) is 15.1. The fourth-order valence-electron chi connectivity index (χ4n) is 1.65. The van der Waals surface area contributed by atoms with Gasteiger partial charge in [-0.2, -0.15) is 11.3 Å². The third-order valence-corrected chi connectivity index (χ3v) is 5.18. The number of rotatable bonds is 6. The maximum absolute atomic E-state index is 12.1. The molecule has 0 saturated heterocycles. The van der Waals surface area contributed by atoms with Crippen molar-refractivity contribution in [2.45, 2.75) is 11.3 Å². The summed E-state index contributed by atoms with van der Waals surface area (Å²) in [4.78, 5) is 0.460. The van der Waals surface area contributed by atoms with Gasteiger partial charge in [0.2, 0.25) is 10.0 Å². The second kappa shape index (κ2) is 6.45. The molecule has 106 valence electrons. The summed E-state index contributed by atoms with van der Waals surface area (Å²) in [5.74, 6) is 0. The monoisotopic (exact) mass is 326 g/mol. The zero-order valence-corrected chi connectivity index (χ0v) is 13.0. The zero-order valence-electron chi connectivity index (χ0n) is 10.6. The van der Waals surface area contributed by atoms with Gasteiger partial charge in [-0.1, -0.05) is 24.4 Å². The first-order valence-electron chi connectivity index (χ1n) is 5.89. The number of benzene rings is 1. The molecule has 0 unspecified atom stereocenters. The lowest BCUT2D eigenvalue weighted by atomic mass is 10.2. The SMILES string of the molecule is NC(=S)c1ccc(S(=O)(=O)NCCc2ccsc2)cc1. The molecule has 0 saturated carbocycles. The summed E-state index contributed by atoms with van der Waals surface area (Å²) in [5.41, 5.74) is 7.25. The summed E-state index contributed by atoms with van der Waals surface area (Å²) in [7, 11) is -3.49. The van der Waals surface area contributed by atoms with Gasteiger partial charge in [-0.05, 0) is 40.9 Å². The Balaban J connectivity index is 2.00. The lowest BCUT2D eigenvalue weighted by molar-refractivity contribution is 0.581. The van der Waals surface area contributed by atoms with Crippen LogP contribution in [0.1, 0.15) is 11.1 Å². The Labute approximate surface area is 127 Å². The molecule has 0 bridgehead atoms. The highest BCUT2D eigenvalue weighted by atomic mass is 32.2. The molecule has 0 aliphatic carbocycles. The van der Waals surface area contributed by atoms with Crippen molar-refractivity contribution in [3.63, 3.8) is 0 Å². The van der Waals surface area contributed by atoms with E-state index >= 15 is 0 Å². The molecule has 0 aliphatic rings. The van der Waals surface area contributed by atoms with E-state index in [0.717, 1.165) is 5.56 Å². The first-order valence-corrected chi connectivity index (χ1v) is 8.73. The van der Waals surface area contributed by atoms with E-state index in [1.165, 1.54) is 12.1 Å². The summed E-state index contributed by atoms with van der Waals surface area (Å²) < 4.78 is 26.7. The van der Waals surface area contributed by atoms with Crippen LogP contribution in [0.5, 0.6) is 0 Å². The van der Waals surface area contributed by atoms with Crippen LogP contribution < -0.4 is 10.5 Å². The number of thiophene rings is 1. The van der Waals surface area contributed by atoms with E-state index in [2.05, 4.69) is 4.72 Å². The Morgan fingerprint density at radius 1 is 1.25 bits per heavy atom. The van der Waals surface area contributed by atoms with Crippen molar-refractivity contribution in [3.8, 4) is 0 Å². The Bertz CT molecular complexity index is 677. The van der Waals surface area contributed by atoms with E-state index in [9.17, 15) is 8.42 Å². The number of nitrogens with one attached hydrogen (secondary N) is 1. The van der Waals surface area contributed by atoms with E-state index < -0.39 is 10.0 Å². The molecule has 3 N–H and O–H groups in total. The third-order valence-electron chi connectivity index (χ3n) is 2.73. The quantitative estimate of drug-likeness (QED) is 0.795. The van der Waals surface area contributed by atoms with Crippen molar-refractivity contribution in [2.75, 3.05) is 6.54 Å². The molecule has 0 radical (unpaired) electrons. The average molecular weight is 326 g/mol. The summed E-state index contributed by atoms with van der Waals surface area (Å²) in [6.07, 6.45) is 0.674. The Hall–Kier alpha value is -1.28. The first-order chi connectivity index (χ1) is 9.49. The standard InChI is InChI=1S/C13H14N2O2S3/c14-13(18)11-1-3-12(4-2-11)20(16,17)15-7-5-10-6-8-19-9-10/h1-4,6,8-9,15H,5,7H2,(H2,14,18). The molecule has 0 amide bonds. The van der Waals surface area contributed by atoms with Crippen LogP contribution in [-0.2, 0) is 16.4 Å². The number of hydrogen-bond donors (Lipinski definition) is 2. The molecule has 7 heteroatoms. The van der Waals surface area contributed by atoms with Gasteiger partial charge >= 0.3 is 0 Å². The van der Waals surface area contributed by atoms with Crippen molar-refractivity contribution in [1.29, 1.82) is 0 Å². The zero-order chi connectivity index (χ0) is 14.6. The molecular weight excluding hydrogens is 312 g/mol. The maximum Gasteiger partial charge on any atom is 0.240 e. The number of sulfonamides is 1. The lowest BCUT2D eigenvalue weighted by Crippen LogP contribution is -2.26. The minimum Gasteiger partial charge on any atom is -0.389 e. The van der Waals surface area contributed by atoms with Gasteiger partial charge in [0, 0.05) is 12.1 Å². The predicted molar refractivity (Wildman–Crippen MR) is 85.5 cm³/mol. The predicted octanol–water partition coefficient (Wildman–Crippen LogP) is 1.90. The normalized spacial score (nSPS) is 11.4. The molecule has 0 fully saturated rings. The Morgan fingerprint density at radius 2 is 1.95 bits per heavy atom. The highest BCUT2D eigenvalue weighted by molar-refractivity contribution is 7.89. The molecule has 0 aliphatic heterocycles. The van der Waals surface area contributed by atoms with Gasteiger partial charge in [-0.3, -0.25) is 0 Å². The smallest absolute Gasteiger partial charge is 0.240 e. The van der Waals surface area contributed by atoms with E-state index in [1.807, 2.05) is 16.8 Å². The fraction of sp³-hybridized carbons (Fsp3) is 0.154. The van der Waals surface area contributed by atoms with Gasteiger partial charge in [-0.15, -0.1) is 0 Å². The number of thiocarbonyl (C=S) groups is 1.